The predicted molar refractivity (Wildman–Crippen MR) is 64.2 cm³/mol. The highest BCUT2D eigenvalue weighted by Crippen LogP contribution is 2.33. The van der Waals surface area contributed by atoms with Gasteiger partial charge in [0.05, 0.1) is 16.6 Å². The lowest BCUT2D eigenvalue weighted by Crippen LogP contribution is -2.18. The third kappa shape index (κ3) is 1.61. The van der Waals surface area contributed by atoms with Crippen LogP contribution in [0.4, 0.5) is 11.4 Å². The number of hydrogen-bond acceptors (Lipinski definition) is 4. The van der Waals surface area contributed by atoms with Gasteiger partial charge in [-0.1, -0.05) is 0 Å². The lowest BCUT2D eigenvalue weighted by atomic mass is 10.2. The summed E-state index contributed by atoms with van der Waals surface area (Å²) in [6.45, 7) is 1.78. The maximum atomic E-state index is 11.1. The molecule has 0 atom stereocenters. The fraction of sp³-hybridized carbons (Fsp3) is 0.364. The summed E-state index contributed by atoms with van der Waals surface area (Å²) < 4.78 is 0. The highest BCUT2D eigenvalue weighted by atomic mass is 16.6. The molecule has 0 aliphatic carbocycles. The first-order valence-electron chi connectivity index (χ1n) is 5.62. The van der Waals surface area contributed by atoms with E-state index in [2.05, 4.69) is 15.1 Å². The molecule has 0 radical (unpaired) electrons. The maximum Gasteiger partial charge on any atom is 0.293 e. The van der Waals surface area contributed by atoms with Crippen molar-refractivity contribution in [1.29, 1.82) is 0 Å². The summed E-state index contributed by atoms with van der Waals surface area (Å²) in [4.78, 5) is 12.8. The SMILES string of the molecule is O=[N+]([O-])c1cc2cn[nH]c2cc1N1CCCC1. The van der Waals surface area contributed by atoms with Crippen LogP contribution in [-0.2, 0) is 0 Å². The second-order valence-electron chi connectivity index (χ2n) is 4.25. The molecule has 0 spiro atoms. The van der Waals surface area contributed by atoms with E-state index in [1.807, 2.05) is 6.07 Å². The van der Waals surface area contributed by atoms with Crippen LogP contribution in [0, 0.1) is 10.1 Å². The van der Waals surface area contributed by atoms with Crippen LogP contribution in [-0.4, -0.2) is 28.2 Å². The van der Waals surface area contributed by atoms with Crippen LogP contribution < -0.4 is 4.90 Å². The highest BCUT2D eigenvalue weighted by molar-refractivity contribution is 5.87. The fourth-order valence-electron chi connectivity index (χ4n) is 2.33. The van der Waals surface area contributed by atoms with Gasteiger partial charge in [0.25, 0.3) is 5.69 Å². The summed E-state index contributed by atoms with van der Waals surface area (Å²) in [5.74, 6) is 0. The summed E-state index contributed by atoms with van der Waals surface area (Å²) in [5, 5.41) is 18.6. The van der Waals surface area contributed by atoms with Crippen molar-refractivity contribution in [2.45, 2.75) is 12.8 Å². The van der Waals surface area contributed by atoms with E-state index in [-0.39, 0.29) is 10.6 Å². The van der Waals surface area contributed by atoms with Crippen LogP contribution in [0.15, 0.2) is 18.3 Å². The zero-order chi connectivity index (χ0) is 11.8. The van der Waals surface area contributed by atoms with Crippen molar-refractivity contribution in [3.63, 3.8) is 0 Å². The lowest BCUT2D eigenvalue weighted by molar-refractivity contribution is -0.384. The molecule has 6 heteroatoms. The molecule has 1 saturated heterocycles. The number of hydrogen-bond donors (Lipinski definition) is 1. The summed E-state index contributed by atoms with van der Waals surface area (Å²) in [7, 11) is 0. The molecule has 1 aliphatic heterocycles. The third-order valence-electron chi connectivity index (χ3n) is 3.18. The summed E-state index contributed by atoms with van der Waals surface area (Å²) >= 11 is 0. The minimum Gasteiger partial charge on any atom is -0.366 e. The Bertz CT molecular complexity index is 572. The summed E-state index contributed by atoms with van der Waals surface area (Å²) in [6, 6.07) is 3.41. The number of H-pyrrole nitrogens is 1. The summed E-state index contributed by atoms with van der Waals surface area (Å²) in [5.41, 5.74) is 1.71. The van der Waals surface area contributed by atoms with Crippen LogP contribution >= 0.6 is 0 Å². The number of aromatic amines is 1. The number of fused-ring (bicyclic) bond motifs is 1. The second-order valence-corrected chi connectivity index (χ2v) is 4.25. The lowest BCUT2D eigenvalue weighted by Gasteiger charge is -2.17. The van der Waals surface area contributed by atoms with Crippen molar-refractivity contribution < 1.29 is 4.92 Å². The van der Waals surface area contributed by atoms with Gasteiger partial charge in [-0.25, -0.2) is 0 Å². The minimum absolute atomic E-state index is 0.167. The van der Waals surface area contributed by atoms with E-state index in [0.717, 1.165) is 36.8 Å². The first kappa shape index (κ1) is 10.1. The van der Waals surface area contributed by atoms with Gasteiger partial charge in [0, 0.05) is 24.5 Å². The van der Waals surface area contributed by atoms with Crippen LogP contribution in [0.5, 0.6) is 0 Å². The van der Waals surface area contributed by atoms with Crippen LogP contribution in [0.2, 0.25) is 0 Å². The average molecular weight is 232 g/mol. The van der Waals surface area contributed by atoms with Gasteiger partial charge < -0.3 is 4.90 Å². The molecule has 17 heavy (non-hydrogen) atoms. The molecule has 1 aromatic heterocycles. The van der Waals surface area contributed by atoms with Gasteiger partial charge in [-0.2, -0.15) is 5.10 Å². The Balaban J connectivity index is 2.18. The molecule has 0 amide bonds. The first-order chi connectivity index (χ1) is 8.25. The molecule has 1 fully saturated rings. The number of rotatable bonds is 2. The van der Waals surface area contributed by atoms with Crippen molar-refractivity contribution in [3.8, 4) is 0 Å². The largest absolute Gasteiger partial charge is 0.366 e. The van der Waals surface area contributed by atoms with Gasteiger partial charge in [-0.3, -0.25) is 15.2 Å². The van der Waals surface area contributed by atoms with Crippen LogP contribution in [0.25, 0.3) is 10.9 Å². The number of nitro benzene ring substituents is 1. The molecule has 2 heterocycles. The Labute approximate surface area is 97.4 Å². The molecule has 6 nitrogen and oxygen atoms in total. The zero-order valence-corrected chi connectivity index (χ0v) is 9.22. The van der Waals surface area contributed by atoms with Gasteiger partial charge in [-0.05, 0) is 18.9 Å². The predicted octanol–water partition coefficient (Wildman–Crippen LogP) is 2.07. The summed E-state index contributed by atoms with van der Waals surface area (Å²) in [6.07, 6.45) is 3.80. The van der Waals surface area contributed by atoms with Gasteiger partial charge >= 0.3 is 0 Å². The molecule has 0 saturated carbocycles. The standard InChI is InChI=1S/C11H12N4O2/c16-15(17)11-5-8-7-12-13-9(8)6-10(11)14-3-1-2-4-14/h5-7H,1-4H2,(H,12,13). The number of nitrogens with zero attached hydrogens (tertiary/aromatic N) is 3. The third-order valence-corrected chi connectivity index (χ3v) is 3.18. The Morgan fingerprint density at radius 3 is 2.82 bits per heavy atom. The minimum atomic E-state index is -0.319. The number of aromatic nitrogens is 2. The molecule has 2 aromatic rings. The van der Waals surface area contributed by atoms with E-state index in [9.17, 15) is 10.1 Å². The van der Waals surface area contributed by atoms with E-state index in [1.54, 1.807) is 12.3 Å². The molecule has 88 valence electrons. The van der Waals surface area contributed by atoms with Crippen LogP contribution in [0.3, 0.4) is 0 Å². The van der Waals surface area contributed by atoms with Gasteiger partial charge in [0.1, 0.15) is 5.69 Å². The van der Waals surface area contributed by atoms with Crippen molar-refractivity contribution in [1.82, 2.24) is 10.2 Å². The van der Waals surface area contributed by atoms with Crippen molar-refractivity contribution in [2.24, 2.45) is 0 Å². The average Bonchev–Trinajstić information content (AvgIpc) is 2.98. The van der Waals surface area contributed by atoms with Crippen molar-refractivity contribution in [2.75, 3.05) is 18.0 Å². The number of nitrogens with one attached hydrogen (secondary N) is 1. The first-order valence-corrected chi connectivity index (χ1v) is 5.62. The van der Waals surface area contributed by atoms with E-state index in [4.69, 9.17) is 0 Å². The van der Waals surface area contributed by atoms with Gasteiger partial charge in [0.2, 0.25) is 0 Å². The molecule has 0 bridgehead atoms. The van der Waals surface area contributed by atoms with Gasteiger partial charge in [-0.15, -0.1) is 0 Å². The van der Waals surface area contributed by atoms with E-state index < -0.39 is 0 Å². The van der Waals surface area contributed by atoms with E-state index >= 15 is 0 Å². The van der Waals surface area contributed by atoms with Crippen molar-refractivity contribution >= 4 is 22.3 Å². The smallest absolute Gasteiger partial charge is 0.293 e. The Hall–Kier alpha value is -2.11. The van der Waals surface area contributed by atoms with Crippen molar-refractivity contribution in [3.05, 3.63) is 28.4 Å². The Kier molecular flexibility index (Phi) is 2.21. The number of nitro groups is 1. The van der Waals surface area contributed by atoms with E-state index in [0.29, 0.717) is 5.69 Å². The van der Waals surface area contributed by atoms with E-state index in [1.165, 1.54) is 0 Å². The van der Waals surface area contributed by atoms with Crippen LogP contribution in [0.1, 0.15) is 12.8 Å². The molecule has 1 N–H and O–H groups in total. The maximum absolute atomic E-state index is 11.1. The zero-order valence-electron chi connectivity index (χ0n) is 9.22. The molecule has 1 aliphatic rings. The number of benzene rings is 1. The van der Waals surface area contributed by atoms with Gasteiger partial charge in [0.15, 0.2) is 0 Å². The molecule has 0 unspecified atom stereocenters. The monoisotopic (exact) mass is 232 g/mol. The molecule has 1 aromatic carbocycles. The quantitative estimate of drug-likeness (QED) is 0.635. The fourth-order valence-corrected chi connectivity index (χ4v) is 2.33. The molecule has 3 rings (SSSR count). The highest BCUT2D eigenvalue weighted by Gasteiger charge is 2.23. The second kappa shape index (κ2) is 3.73. The Morgan fingerprint density at radius 2 is 2.12 bits per heavy atom. The molecular weight excluding hydrogens is 220 g/mol. The normalized spacial score (nSPS) is 15.6. The number of anilines is 1. The molecular formula is C11H12N4O2. The Morgan fingerprint density at radius 1 is 1.35 bits per heavy atom. The topological polar surface area (TPSA) is 75.1 Å².